The Kier molecular flexibility index (Phi) is 4.28. The summed E-state index contributed by atoms with van der Waals surface area (Å²) in [7, 11) is -3.02. The summed E-state index contributed by atoms with van der Waals surface area (Å²) in [4.78, 5) is 2.41. The molecule has 2 fully saturated rings. The van der Waals surface area contributed by atoms with Crippen molar-refractivity contribution < 1.29 is 8.42 Å². The second-order valence-electron chi connectivity index (χ2n) is 6.06. The zero-order valence-corrected chi connectivity index (χ0v) is 13.8. The number of fused-ring (bicyclic) bond motifs is 1. The molecule has 0 aliphatic carbocycles. The summed E-state index contributed by atoms with van der Waals surface area (Å²) in [6, 6.07) is 7.96. The first-order chi connectivity index (χ1) is 9.98. The lowest BCUT2D eigenvalue weighted by Gasteiger charge is -2.21. The van der Waals surface area contributed by atoms with E-state index < -0.39 is 10.0 Å². The molecule has 2 saturated heterocycles. The lowest BCUT2D eigenvalue weighted by Crippen LogP contribution is -2.34. The number of sulfonamides is 1. The second kappa shape index (κ2) is 5.88. The lowest BCUT2D eigenvalue weighted by molar-refractivity contribution is 0.290. The highest BCUT2D eigenvalue weighted by atomic mass is 35.5. The molecule has 0 amide bonds. The molecule has 21 heavy (non-hydrogen) atoms. The highest BCUT2D eigenvalue weighted by Crippen LogP contribution is 2.33. The summed E-state index contributed by atoms with van der Waals surface area (Å²) in [6.45, 7) is 5.95. The van der Waals surface area contributed by atoms with Gasteiger partial charge in [-0.15, -0.1) is 0 Å². The number of likely N-dealkylation sites (tertiary alicyclic amines) is 1. The molecule has 4 nitrogen and oxygen atoms in total. The van der Waals surface area contributed by atoms with Crippen LogP contribution in [0.2, 0.25) is 5.02 Å². The Bertz CT molecular complexity index is 606. The monoisotopic (exact) mass is 328 g/mol. The molecule has 0 N–H and O–H groups in total. The molecule has 116 valence electrons. The van der Waals surface area contributed by atoms with Gasteiger partial charge < -0.3 is 0 Å². The molecule has 0 aromatic heterocycles. The molecule has 3 rings (SSSR count). The average Bonchev–Trinajstić information content (AvgIpc) is 2.97. The van der Waals surface area contributed by atoms with Gasteiger partial charge in [-0.3, -0.25) is 4.90 Å². The Balaban J connectivity index is 1.60. The molecule has 0 bridgehead atoms. The normalized spacial score (nSPS) is 27.1. The predicted molar refractivity (Wildman–Crippen MR) is 84.7 cm³/mol. The Morgan fingerprint density at radius 1 is 1.19 bits per heavy atom. The van der Waals surface area contributed by atoms with Crippen molar-refractivity contribution in [1.29, 1.82) is 0 Å². The van der Waals surface area contributed by atoms with Gasteiger partial charge in [-0.2, -0.15) is 0 Å². The number of halogens is 1. The molecular weight excluding hydrogens is 308 g/mol. The van der Waals surface area contributed by atoms with Crippen molar-refractivity contribution >= 4 is 21.6 Å². The Morgan fingerprint density at radius 3 is 2.43 bits per heavy atom. The van der Waals surface area contributed by atoms with Crippen LogP contribution in [-0.4, -0.2) is 49.6 Å². The predicted octanol–water partition coefficient (Wildman–Crippen LogP) is 2.05. The van der Waals surface area contributed by atoms with Crippen LogP contribution in [0.3, 0.4) is 0 Å². The minimum atomic E-state index is -3.02. The lowest BCUT2D eigenvalue weighted by atomic mass is 10.0. The number of hydrogen-bond acceptors (Lipinski definition) is 3. The van der Waals surface area contributed by atoms with Crippen molar-refractivity contribution in [2.24, 2.45) is 11.8 Å². The molecule has 0 saturated carbocycles. The van der Waals surface area contributed by atoms with Crippen molar-refractivity contribution in [2.45, 2.75) is 13.5 Å². The van der Waals surface area contributed by atoms with Gasteiger partial charge in [0.2, 0.25) is 10.0 Å². The van der Waals surface area contributed by atoms with Gasteiger partial charge in [0.1, 0.15) is 0 Å². The summed E-state index contributed by atoms with van der Waals surface area (Å²) < 4.78 is 25.6. The fraction of sp³-hybridized carbons (Fsp3) is 0.600. The third-order valence-electron chi connectivity index (χ3n) is 4.58. The minimum Gasteiger partial charge on any atom is -0.298 e. The van der Waals surface area contributed by atoms with Gasteiger partial charge in [0.05, 0.1) is 5.75 Å². The Labute approximate surface area is 131 Å². The number of benzene rings is 1. The van der Waals surface area contributed by atoms with Crippen LogP contribution >= 0.6 is 11.6 Å². The molecule has 0 spiro atoms. The first kappa shape index (κ1) is 15.3. The van der Waals surface area contributed by atoms with Crippen LogP contribution in [0.4, 0.5) is 0 Å². The van der Waals surface area contributed by atoms with Crippen molar-refractivity contribution in [3.8, 4) is 0 Å². The van der Waals surface area contributed by atoms with E-state index in [1.165, 1.54) is 5.56 Å². The SMILES string of the molecule is CCS(=O)(=O)N1C[C@@H]2CN(Cc3cccc(Cl)c3)C[C@H]2C1. The smallest absolute Gasteiger partial charge is 0.213 e. The molecule has 2 heterocycles. The van der Waals surface area contributed by atoms with E-state index >= 15 is 0 Å². The highest BCUT2D eigenvalue weighted by Gasteiger charge is 2.43. The van der Waals surface area contributed by atoms with Crippen LogP contribution in [-0.2, 0) is 16.6 Å². The van der Waals surface area contributed by atoms with Gasteiger partial charge >= 0.3 is 0 Å². The molecule has 1 aromatic rings. The first-order valence-electron chi connectivity index (χ1n) is 7.42. The molecule has 2 atom stereocenters. The molecule has 0 radical (unpaired) electrons. The summed E-state index contributed by atoms with van der Waals surface area (Å²) in [5.41, 5.74) is 1.22. The van der Waals surface area contributed by atoms with Gasteiger partial charge in [-0.25, -0.2) is 12.7 Å². The van der Waals surface area contributed by atoms with Gasteiger partial charge in [0.15, 0.2) is 0 Å². The van der Waals surface area contributed by atoms with Gasteiger partial charge in [-0.1, -0.05) is 23.7 Å². The van der Waals surface area contributed by atoms with E-state index in [4.69, 9.17) is 11.6 Å². The van der Waals surface area contributed by atoms with E-state index in [0.717, 1.165) is 24.7 Å². The zero-order chi connectivity index (χ0) is 15.0. The quantitative estimate of drug-likeness (QED) is 0.849. The minimum absolute atomic E-state index is 0.207. The van der Waals surface area contributed by atoms with E-state index in [9.17, 15) is 8.42 Å². The average molecular weight is 329 g/mol. The van der Waals surface area contributed by atoms with Crippen LogP contribution in [0.25, 0.3) is 0 Å². The van der Waals surface area contributed by atoms with Crippen molar-refractivity contribution in [3.05, 3.63) is 34.9 Å². The second-order valence-corrected chi connectivity index (χ2v) is 8.76. The van der Waals surface area contributed by atoms with E-state index in [0.29, 0.717) is 24.9 Å². The highest BCUT2D eigenvalue weighted by molar-refractivity contribution is 7.89. The van der Waals surface area contributed by atoms with E-state index in [-0.39, 0.29) is 5.75 Å². The molecule has 0 unspecified atom stereocenters. The summed E-state index contributed by atoms with van der Waals surface area (Å²) >= 11 is 6.02. The molecule has 2 aliphatic rings. The molecule has 6 heteroatoms. The molecule has 1 aromatic carbocycles. The standard InChI is InChI=1S/C15H21ClN2O2S/c1-2-21(19,20)18-10-13-8-17(9-14(13)11-18)7-12-4-3-5-15(16)6-12/h3-6,13-14H,2,7-11H2,1H3/t13-,14-/m0/s1. The maximum atomic E-state index is 11.9. The summed E-state index contributed by atoms with van der Waals surface area (Å²) in [5.74, 6) is 1.16. The summed E-state index contributed by atoms with van der Waals surface area (Å²) in [5, 5.41) is 0.770. The topological polar surface area (TPSA) is 40.6 Å². The Morgan fingerprint density at radius 2 is 1.86 bits per heavy atom. The first-order valence-corrected chi connectivity index (χ1v) is 9.41. The molecule has 2 aliphatic heterocycles. The van der Waals surface area contributed by atoms with Crippen molar-refractivity contribution in [1.82, 2.24) is 9.21 Å². The molecular formula is C15H21ClN2O2S. The van der Waals surface area contributed by atoms with Crippen molar-refractivity contribution in [3.63, 3.8) is 0 Å². The third-order valence-corrected chi connectivity index (χ3v) is 6.63. The number of nitrogens with zero attached hydrogens (tertiary/aromatic N) is 2. The van der Waals surface area contributed by atoms with E-state index in [1.807, 2.05) is 18.2 Å². The third kappa shape index (κ3) is 3.26. The van der Waals surface area contributed by atoms with Crippen LogP contribution in [0.5, 0.6) is 0 Å². The van der Waals surface area contributed by atoms with E-state index in [2.05, 4.69) is 11.0 Å². The fourth-order valence-corrected chi connectivity index (χ4v) is 4.89. The number of rotatable bonds is 4. The maximum absolute atomic E-state index is 11.9. The van der Waals surface area contributed by atoms with Crippen LogP contribution in [0.15, 0.2) is 24.3 Å². The zero-order valence-electron chi connectivity index (χ0n) is 12.2. The van der Waals surface area contributed by atoms with Gasteiger partial charge in [-0.05, 0) is 36.5 Å². The summed E-state index contributed by atoms with van der Waals surface area (Å²) in [6.07, 6.45) is 0. The van der Waals surface area contributed by atoms with Crippen LogP contribution in [0, 0.1) is 11.8 Å². The maximum Gasteiger partial charge on any atom is 0.213 e. The van der Waals surface area contributed by atoms with E-state index in [1.54, 1.807) is 11.2 Å². The van der Waals surface area contributed by atoms with Gasteiger partial charge in [0, 0.05) is 37.7 Å². The van der Waals surface area contributed by atoms with Crippen LogP contribution in [0.1, 0.15) is 12.5 Å². The number of hydrogen-bond donors (Lipinski definition) is 0. The largest absolute Gasteiger partial charge is 0.298 e. The fourth-order valence-electron chi connectivity index (χ4n) is 3.48. The van der Waals surface area contributed by atoms with Crippen molar-refractivity contribution in [2.75, 3.05) is 31.9 Å². The van der Waals surface area contributed by atoms with Crippen LogP contribution < -0.4 is 0 Å². The van der Waals surface area contributed by atoms with Gasteiger partial charge in [0.25, 0.3) is 0 Å². The Hall–Kier alpha value is -0.620.